The summed E-state index contributed by atoms with van der Waals surface area (Å²) in [5.74, 6) is -0.0529. The van der Waals surface area contributed by atoms with Gasteiger partial charge in [-0.15, -0.1) is 0 Å². The number of rotatable bonds is 4. The molecule has 0 radical (unpaired) electrons. The number of amides is 1. The maximum atomic E-state index is 12.3. The highest BCUT2D eigenvalue weighted by Gasteiger charge is 2.11. The molecule has 24 heavy (non-hydrogen) atoms. The summed E-state index contributed by atoms with van der Waals surface area (Å²) in [6.45, 7) is 7.14. The lowest BCUT2D eigenvalue weighted by atomic mass is 10.1. The monoisotopic (exact) mass is 338 g/mol. The molecule has 3 rings (SSSR count). The first kappa shape index (κ1) is 16.7. The number of hydrogen-bond acceptors (Lipinski definition) is 2. The molecule has 0 bridgehead atoms. The fourth-order valence-electron chi connectivity index (χ4n) is 2.91. The van der Waals surface area contributed by atoms with Crippen LogP contribution in [0.4, 0.5) is 0 Å². The minimum Gasteiger partial charge on any atom is -0.316 e. The average Bonchev–Trinajstić information content (AvgIpc) is 2.96. The molecule has 0 aliphatic heterocycles. The van der Waals surface area contributed by atoms with Gasteiger partial charge in [0.15, 0.2) is 4.80 Å². The zero-order valence-electron chi connectivity index (χ0n) is 14.4. The first-order valence-electron chi connectivity index (χ1n) is 8.31. The van der Waals surface area contributed by atoms with E-state index in [1.165, 1.54) is 26.9 Å². The second-order valence-electron chi connectivity index (χ2n) is 6.00. The molecule has 0 saturated heterocycles. The molecule has 0 aliphatic carbocycles. The van der Waals surface area contributed by atoms with E-state index in [1.54, 1.807) is 11.3 Å². The Kier molecular flexibility index (Phi) is 4.95. The molecule has 4 heteroatoms. The molecular weight excluding hydrogens is 316 g/mol. The molecule has 1 heterocycles. The van der Waals surface area contributed by atoms with Gasteiger partial charge in [-0.05, 0) is 43.9 Å². The summed E-state index contributed by atoms with van der Waals surface area (Å²) >= 11 is 1.61. The number of carbonyl (C=O) groups excluding carboxylic acids is 1. The van der Waals surface area contributed by atoms with Gasteiger partial charge in [0.1, 0.15) is 0 Å². The molecule has 0 atom stereocenters. The third-order valence-electron chi connectivity index (χ3n) is 4.23. The summed E-state index contributed by atoms with van der Waals surface area (Å²) in [4.78, 5) is 17.5. The number of carbonyl (C=O) groups is 1. The van der Waals surface area contributed by atoms with Crippen LogP contribution >= 0.6 is 11.3 Å². The lowest BCUT2D eigenvalue weighted by Gasteiger charge is -2.04. The van der Waals surface area contributed by atoms with Crippen LogP contribution in [0.5, 0.6) is 0 Å². The van der Waals surface area contributed by atoms with Gasteiger partial charge >= 0.3 is 0 Å². The molecule has 0 unspecified atom stereocenters. The van der Waals surface area contributed by atoms with Gasteiger partial charge in [-0.2, -0.15) is 4.99 Å². The standard InChI is InChI=1S/C20H22N2OS/c1-4-22-18-14(2)10-11-15(3)19(18)24-20(22)21-17(23)13-12-16-8-6-5-7-9-16/h5-11H,4,12-13H2,1-3H3. The highest BCUT2D eigenvalue weighted by atomic mass is 32.1. The van der Waals surface area contributed by atoms with E-state index in [0.717, 1.165) is 17.8 Å². The van der Waals surface area contributed by atoms with Crippen LogP contribution in [0.3, 0.4) is 0 Å². The maximum Gasteiger partial charge on any atom is 0.248 e. The molecular formula is C20H22N2OS. The summed E-state index contributed by atoms with van der Waals surface area (Å²) in [6.07, 6.45) is 1.18. The number of fused-ring (bicyclic) bond motifs is 1. The first-order valence-corrected chi connectivity index (χ1v) is 9.13. The van der Waals surface area contributed by atoms with E-state index >= 15 is 0 Å². The molecule has 1 amide bonds. The van der Waals surface area contributed by atoms with Gasteiger partial charge in [0.25, 0.3) is 0 Å². The number of benzene rings is 2. The number of nitrogens with zero attached hydrogens (tertiary/aromatic N) is 2. The van der Waals surface area contributed by atoms with Crippen molar-refractivity contribution in [1.29, 1.82) is 0 Å². The molecule has 3 nitrogen and oxygen atoms in total. The van der Waals surface area contributed by atoms with Crippen molar-refractivity contribution in [1.82, 2.24) is 4.57 Å². The van der Waals surface area contributed by atoms with Crippen LogP contribution in [-0.2, 0) is 17.8 Å². The minimum atomic E-state index is -0.0529. The van der Waals surface area contributed by atoms with Crippen LogP contribution in [0.15, 0.2) is 47.5 Å². The Labute approximate surface area is 146 Å². The number of hydrogen-bond donors (Lipinski definition) is 0. The number of thiazole rings is 1. The second kappa shape index (κ2) is 7.14. The molecule has 0 N–H and O–H groups in total. The molecule has 0 saturated carbocycles. The number of aryl methyl sites for hydroxylation is 4. The summed E-state index contributed by atoms with van der Waals surface area (Å²) in [5.41, 5.74) is 4.84. The van der Waals surface area contributed by atoms with Gasteiger partial charge in [-0.25, -0.2) is 0 Å². The van der Waals surface area contributed by atoms with E-state index in [1.807, 2.05) is 30.3 Å². The maximum absolute atomic E-state index is 12.3. The van der Waals surface area contributed by atoms with Gasteiger partial charge in [0, 0.05) is 13.0 Å². The molecule has 0 fully saturated rings. The van der Waals surface area contributed by atoms with Crippen molar-refractivity contribution >= 4 is 27.5 Å². The van der Waals surface area contributed by atoms with Gasteiger partial charge in [0.2, 0.25) is 5.91 Å². The Bertz CT molecular complexity index is 935. The van der Waals surface area contributed by atoms with Gasteiger partial charge in [-0.1, -0.05) is 53.8 Å². The van der Waals surface area contributed by atoms with Crippen LogP contribution in [0, 0.1) is 13.8 Å². The van der Waals surface area contributed by atoms with E-state index in [4.69, 9.17) is 0 Å². The van der Waals surface area contributed by atoms with Gasteiger partial charge < -0.3 is 4.57 Å². The summed E-state index contributed by atoms with van der Waals surface area (Å²) in [5, 5.41) is 0. The minimum absolute atomic E-state index is 0.0529. The highest BCUT2D eigenvalue weighted by molar-refractivity contribution is 7.16. The molecule has 1 aromatic heterocycles. The molecule has 0 spiro atoms. The lowest BCUT2D eigenvalue weighted by Crippen LogP contribution is -2.16. The van der Waals surface area contributed by atoms with E-state index in [0.29, 0.717) is 6.42 Å². The van der Waals surface area contributed by atoms with Crippen molar-refractivity contribution < 1.29 is 4.79 Å². The Hall–Kier alpha value is -2.20. The zero-order chi connectivity index (χ0) is 17.1. The predicted molar refractivity (Wildman–Crippen MR) is 100 cm³/mol. The smallest absolute Gasteiger partial charge is 0.248 e. The first-order chi connectivity index (χ1) is 11.6. The van der Waals surface area contributed by atoms with Crippen molar-refractivity contribution in [2.75, 3.05) is 0 Å². The molecule has 124 valence electrons. The third kappa shape index (κ3) is 3.34. The Balaban J connectivity index is 1.93. The van der Waals surface area contributed by atoms with E-state index < -0.39 is 0 Å². The summed E-state index contributed by atoms with van der Waals surface area (Å²) in [6, 6.07) is 14.4. The van der Waals surface area contributed by atoms with E-state index in [-0.39, 0.29) is 5.91 Å². The quantitative estimate of drug-likeness (QED) is 0.694. The van der Waals surface area contributed by atoms with Crippen LogP contribution in [0.2, 0.25) is 0 Å². The Morgan fingerprint density at radius 1 is 1.08 bits per heavy atom. The van der Waals surface area contributed by atoms with Crippen molar-refractivity contribution in [2.45, 2.75) is 40.2 Å². The average molecular weight is 338 g/mol. The Morgan fingerprint density at radius 3 is 2.50 bits per heavy atom. The number of aromatic nitrogens is 1. The van der Waals surface area contributed by atoms with E-state index in [9.17, 15) is 4.79 Å². The largest absolute Gasteiger partial charge is 0.316 e. The molecule has 3 aromatic rings. The van der Waals surface area contributed by atoms with Crippen molar-refractivity contribution in [3.8, 4) is 0 Å². The fourth-order valence-corrected chi connectivity index (χ4v) is 4.17. The topological polar surface area (TPSA) is 34.4 Å². The van der Waals surface area contributed by atoms with Crippen LogP contribution in [-0.4, -0.2) is 10.5 Å². The third-order valence-corrected chi connectivity index (χ3v) is 5.44. The zero-order valence-corrected chi connectivity index (χ0v) is 15.2. The van der Waals surface area contributed by atoms with Crippen molar-refractivity contribution in [2.24, 2.45) is 4.99 Å². The van der Waals surface area contributed by atoms with Crippen LogP contribution in [0.25, 0.3) is 10.2 Å². The van der Waals surface area contributed by atoms with Gasteiger partial charge in [-0.3, -0.25) is 4.79 Å². The van der Waals surface area contributed by atoms with Crippen molar-refractivity contribution in [3.63, 3.8) is 0 Å². The Morgan fingerprint density at radius 2 is 1.79 bits per heavy atom. The van der Waals surface area contributed by atoms with Crippen molar-refractivity contribution in [3.05, 3.63) is 64.0 Å². The second-order valence-corrected chi connectivity index (χ2v) is 6.97. The summed E-state index contributed by atoms with van der Waals surface area (Å²) < 4.78 is 3.38. The SMILES string of the molecule is CCn1c(=NC(=O)CCc2ccccc2)sc2c(C)ccc(C)c21. The lowest BCUT2D eigenvalue weighted by molar-refractivity contribution is -0.118. The highest BCUT2D eigenvalue weighted by Crippen LogP contribution is 2.24. The van der Waals surface area contributed by atoms with Gasteiger partial charge in [0.05, 0.1) is 10.2 Å². The molecule has 2 aromatic carbocycles. The van der Waals surface area contributed by atoms with Crippen LogP contribution < -0.4 is 4.80 Å². The summed E-state index contributed by atoms with van der Waals surface area (Å²) in [7, 11) is 0. The fraction of sp³-hybridized carbons (Fsp3) is 0.300. The normalized spacial score (nSPS) is 12.0. The van der Waals surface area contributed by atoms with E-state index in [2.05, 4.69) is 42.5 Å². The molecule has 0 aliphatic rings. The predicted octanol–water partition coefficient (Wildman–Crippen LogP) is 4.40. The van der Waals surface area contributed by atoms with Crippen LogP contribution in [0.1, 0.15) is 30.0 Å².